The Bertz CT molecular complexity index is 276. The summed E-state index contributed by atoms with van der Waals surface area (Å²) in [6.07, 6.45) is 4.33. The molecule has 0 bridgehead atoms. The average Bonchev–Trinajstić information content (AvgIpc) is 2.28. The molecule has 0 atom stereocenters. The van der Waals surface area contributed by atoms with E-state index in [0.29, 0.717) is 0 Å². The Balaban J connectivity index is 2.45. The molecule has 0 saturated carbocycles. The first-order valence-electron chi connectivity index (χ1n) is 3.92. The molecule has 0 spiro atoms. The van der Waals surface area contributed by atoms with Crippen molar-refractivity contribution < 1.29 is 0 Å². The molecule has 1 aromatic rings. The minimum atomic E-state index is 0.981. The number of hydrogen-bond acceptors (Lipinski definition) is 1. The standard InChI is InChI=1S/C10H11N/c1-2-5-10-8-11-7-3-6-9(10)4-1/h1-6,11H,7-8H2. The monoisotopic (exact) mass is 145 g/mol. The van der Waals surface area contributed by atoms with E-state index in [4.69, 9.17) is 0 Å². The number of benzene rings is 1. The van der Waals surface area contributed by atoms with Gasteiger partial charge in [-0.15, -0.1) is 0 Å². The van der Waals surface area contributed by atoms with Gasteiger partial charge in [0.2, 0.25) is 0 Å². The first-order chi connectivity index (χ1) is 5.47. The summed E-state index contributed by atoms with van der Waals surface area (Å²) in [6, 6.07) is 8.48. The van der Waals surface area contributed by atoms with E-state index in [9.17, 15) is 0 Å². The molecule has 1 heterocycles. The summed E-state index contributed by atoms with van der Waals surface area (Å²) in [5.41, 5.74) is 2.73. The molecule has 1 aliphatic rings. The predicted molar refractivity (Wildman–Crippen MR) is 47.2 cm³/mol. The van der Waals surface area contributed by atoms with Gasteiger partial charge in [0.05, 0.1) is 0 Å². The van der Waals surface area contributed by atoms with Gasteiger partial charge < -0.3 is 5.32 Å². The van der Waals surface area contributed by atoms with Crippen molar-refractivity contribution in [1.82, 2.24) is 5.32 Å². The fraction of sp³-hybridized carbons (Fsp3) is 0.200. The highest BCUT2D eigenvalue weighted by atomic mass is 14.8. The van der Waals surface area contributed by atoms with E-state index in [0.717, 1.165) is 13.1 Å². The molecular formula is C10H11N. The zero-order valence-corrected chi connectivity index (χ0v) is 6.38. The van der Waals surface area contributed by atoms with E-state index >= 15 is 0 Å². The second-order valence-corrected chi connectivity index (χ2v) is 2.73. The Labute approximate surface area is 66.7 Å². The van der Waals surface area contributed by atoms with Crippen LogP contribution >= 0.6 is 0 Å². The van der Waals surface area contributed by atoms with Crippen LogP contribution in [0.15, 0.2) is 30.3 Å². The van der Waals surface area contributed by atoms with Gasteiger partial charge in [0.25, 0.3) is 0 Å². The first kappa shape index (κ1) is 6.62. The molecule has 0 saturated heterocycles. The Kier molecular flexibility index (Phi) is 1.74. The van der Waals surface area contributed by atoms with Crippen LogP contribution < -0.4 is 5.32 Å². The molecule has 11 heavy (non-hydrogen) atoms. The van der Waals surface area contributed by atoms with Gasteiger partial charge in [0, 0.05) is 13.1 Å². The highest BCUT2D eigenvalue weighted by Gasteiger charge is 1.99. The number of nitrogens with one attached hydrogen (secondary N) is 1. The number of rotatable bonds is 0. The summed E-state index contributed by atoms with van der Waals surface area (Å²) >= 11 is 0. The van der Waals surface area contributed by atoms with Crippen molar-refractivity contribution >= 4 is 6.08 Å². The average molecular weight is 145 g/mol. The second-order valence-electron chi connectivity index (χ2n) is 2.73. The van der Waals surface area contributed by atoms with Crippen molar-refractivity contribution in [2.24, 2.45) is 0 Å². The largest absolute Gasteiger partial charge is 0.309 e. The van der Waals surface area contributed by atoms with Crippen LogP contribution in [0.25, 0.3) is 6.08 Å². The van der Waals surface area contributed by atoms with Gasteiger partial charge in [-0.25, -0.2) is 0 Å². The Morgan fingerprint density at radius 2 is 2.09 bits per heavy atom. The molecule has 1 aliphatic heterocycles. The lowest BCUT2D eigenvalue weighted by Gasteiger charge is -2.01. The van der Waals surface area contributed by atoms with Crippen molar-refractivity contribution in [2.75, 3.05) is 6.54 Å². The van der Waals surface area contributed by atoms with Gasteiger partial charge >= 0.3 is 0 Å². The molecule has 2 rings (SSSR count). The van der Waals surface area contributed by atoms with Crippen LogP contribution in [0.2, 0.25) is 0 Å². The SMILES string of the molecule is C1=Cc2ccccc2CNC1. The van der Waals surface area contributed by atoms with Crippen LogP contribution in [-0.2, 0) is 6.54 Å². The number of fused-ring (bicyclic) bond motifs is 1. The first-order valence-corrected chi connectivity index (χ1v) is 3.92. The quantitative estimate of drug-likeness (QED) is 0.587. The minimum absolute atomic E-state index is 0.981. The van der Waals surface area contributed by atoms with Crippen LogP contribution in [0.3, 0.4) is 0 Å². The molecule has 1 heteroatoms. The predicted octanol–water partition coefficient (Wildman–Crippen LogP) is 1.80. The van der Waals surface area contributed by atoms with Crippen LogP contribution in [0.4, 0.5) is 0 Å². The normalized spacial score (nSPS) is 15.6. The lowest BCUT2D eigenvalue weighted by atomic mass is 10.1. The van der Waals surface area contributed by atoms with Gasteiger partial charge in [0.15, 0.2) is 0 Å². The number of hydrogen-bond donors (Lipinski definition) is 1. The van der Waals surface area contributed by atoms with Gasteiger partial charge in [-0.3, -0.25) is 0 Å². The van der Waals surface area contributed by atoms with E-state index in [1.807, 2.05) is 0 Å². The van der Waals surface area contributed by atoms with Crippen LogP contribution in [0.5, 0.6) is 0 Å². The molecule has 0 amide bonds. The van der Waals surface area contributed by atoms with Crippen molar-refractivity contribution in [3.8, 4) is 0 Å². The third kappa shape index (κ3) is 1.33. The topological polar surface area (TPSA) is 12.0 Å². The van der Waals surface area contributed by atoms with Gasteiger partial charge in [-0.05, 0) is 11.1 Å². The van der Waals surface area contributed by atoms with E-state index < -0.39 is 0 Å². The fourth-order valence-corrected chi connectivity index (χ4v) is 1.33. The van der Waals surface area contributed by atoms with Crippen molar-refractivity contribution in [2.45, 2.75) is 6.54 Å². The third-order valence-electron chi connectivity index (χ3n) is 1.93. The van der Waals surface area contributed by atoms with Gasteiger partial charge in [-0.1, -0.05) is 36.4 Å². The van der Waals surface area contributed by atoms with Crippen LogP contribution in [0, 0.1) is 0 Å². The van der Waals surface area contributed by atoms with Gasteiger partial charge in [0.1, 0.15) is 0 Å². The second kappa shape index (κ2) is 2.89. The highest BCUT2D eigenvalue weighted by molar-refractivity contribution is 5.54. The summed E-state index contributed by atoms with van der Waals surface area (Å²) in [5.74, 6) is 0. The molecule has 0 aromatic heterocycles. The highest BCUT2D eigenvalue weighted by Crippen LogP contribution is 2.11. The minimum Gasteiger partial charge on any atom is -0.309 e. The third-order valence-corrected chi connectivity index (χ3v) is 1.93. The summed E-state index contributed by atoms with van der Waals surface area (Å²) in [4.78, 5) is 0. The summed E-state index contributed by atoms with van der Waals surface area (Å²) < 4.78 is 0. The maximum atomic E-state index is 3.32. The summed E-state index contributed by atoms with van der Waals surface area (Å²) in [7, 11) is 0. The molecule has 0 radical (unpaired) electrons. The molecular weight excluding hydrogens is 134 g/mol. The fourth-order valence-electron chi connectivity index (χ4n) is 1.33. The molecule has 0 unspecified atom stereocenters. The molecule has 1 N–H and O–H groups in total. The Morgan fingerprint density at radius 1 is 1.18 bits per heavy atom. The Morgan fingerprint density at radius 3 is 3.09 bits per heavy atom. The van der Waals surface area contributed by atoms with Crippen LogP contribution in [-0.4, -0.2) is 6.54 Å². The van der Waals surface area contributed by atoms with E-state index in [-0.39, 0.29) is 0 Å². The molecule has 1 nitrogen and oxygen atoms in total. The van der Waals surface area contributed by atoms with E-state index in [1.165, 1.54) is 11.1 Å². The maximum absolute atomic E-state index is 3.32. The lowest BCUT2D eigenvalue weighted by Crippen LogP contribution is -2.11. The van der Waals surface area contributed by atoms with Crippen molar-refractivity contribution in [1.29, 1.82) is 0 Å². The van der Waals surface area contributed by atoms with E-state index in [2.05, 4.69) is 41.7 Å². The lowest BCUT2D eigenvalue weighted by molar-refractivity contribution is 0.766. The molecule has 56 valence electrons. The Hall–Kier alpha value is -1.08. The van der Waals surface area contributed by atoms with Gasteiger partial charge in [-0.2, -0.15) is 0 Å². The van der Waals surface area contributed by atoms with Crippen LogP contribution in [0.1, 0.15) is 11.1 Å². The zero-order chi connectivity index (χ0) is 7.52. The van der Waals surface area contributed by atoms with Crippen molar-refractivity contribution in [3.63, 3.8) is 0 Å². The molecule has 0 aliphatic carbocycles. The molecule has 1 aromatic carbocycles. The van der Waals surface area contributed by atoms with E-state index in [1.54, 1.807) is 0 Å². The smallest absolute Gasteiger partial charge is 0.0214 e. The summed E-state index contributed by atoms with van der Waals surface area (Å²) in [5, 5.41) is 3.32. The molecule has 0 fully saturated rings. The van der Waals surface area contributed by atoms with Crippen molar-refractivity contribution in [3.05, 3.63) is 41.5 Å². The zero-order valence-electron chi connectivity index (χ0n) is 6.38. The maximum Gasteiger partial charge on any atom is 0.0214 e. The summed E-state index contributed by atoms with van der Waals surface area (Å²) in [6.45, 7) is 1.97.